The maximum absolute atomic E-state index is 13.6. The molecular weight excluding hydrogens is 520 g/mol. The Bertz CT molecular complexity index is 1580. The molecule has 1 aliphatic rings. The SMILES string of the molecule is COc1ccc(C2C=C(Nc3ccc(S(N)(=O)=O)cc3)C(=O)N2c2ccc(S(N)(=O)=O)cc2)cc1OC. The molecule has 37 heavy (non-hydrogen) atoms. The molecule has 13 heteroatoms. The van der Waals surface area contributed by atoms with Gasteiger partial charge in [0.2, 0.25) is 20.0 Å². The van der Waals surface area contributed by atoms with Gasteiger partial charge in [0.05, 0.1) is 30.1 Å². The first-order chi connectivity index (χ1) is 17.4. The smallest absolute Gasteiger partial charge is 0.275 e. The summed E-state index contributed by atoms with van der Waals surface area (Å²) in [5.41, 5.74) is 1.81. The highest BCUT2D eigenvalue weighted by atomic mass is 32.2. The predicted molar refractivity (Wildman–Crippen MR) is 137 cm³/mol. The van der Waals surface area contributed by atoms with E-state index >= 15 is 0 Å². The van der Waals surface area contributed by atoms with Crippen LogP contribution in [0, 0.1) is 0 Å². The first-order valence-corrected chi connectivity index (χ1v) is 13.8. The third kappa shape index (κ3) is 5.44. The summed E-state index contributed by atoms with van der Waals surface area (Å²) in [6.45, 7) is 0. The molecule has 1 unspecified atom stereocenters. The molecule has 0 saturated heterocycles. The Hall–Kier alpha value is -3.91. The summed E-state index contributed by atoms with van der Waals surface area (Å²) in [5, 5.41) is 13.4. The van der Waals surface area contributed by atoms with Gasteiger partial charge in [-0.25, -0.2) is 27.1 Å². The van der Waals surface area contributed by atoms with Crippen molar-refractivity contribution in [3.8, 4) is 11.5 Å². The number of nitrogens with zero attached hydrogens (tertiary/aromatic N) is 1. The van der Waals surface area contributed by atoms with Crippen LogP contribution in [0.1, 0.15) is 11.6 Å². The van der Waals surface area contributed by atoms with Gasteiger partial charge in [0.25, 0.3) is 5.91 Å². The molecule has 3 aromatic carbocycles. The van der Waals surface area contributed by atoms with E-state index in [1.807, 2.05) is 0 Å². The third-order valence-electron chi connectivity index (χ3n) is 5.71. The second kappa shape index (κ2) is 9.86. The van der Waals surface area contributed by atoms with Crippen LogP contribution < -0.4 is 30.0 Å². The average Bonchev–Trinajstić information content (AvgIpc) is 3.18. The second-order valence-electron chi connectivity index (χ2n) is 8.05. The van der Waals surface area contributed by atoms with Gasteiger partial charge in [0, 0.05) is 11.4 Å². The van der Waals surface area contributed by atoms with Gasteiger partial charge in [0.15, 0.2) is 11.5 Å². The number of hydrogen-bond acceptors (Lipinski definition) is 8. The van der Waals surface area contributed by atoms with Crippen molar-refractivity contribution in [2.75, 3.05) is 24.4 Å². The fourth-order valence-electron chi connectivity index (χ4n) is 3.89. The Kier molecular flexibility index (Phi) is 6.97. The van der Waals surface area contributed by atoms with Crippen LogP contribution in [0.4, 0.5) is 11.4 Å². The van der Waals surface area contributed by atoms with Crippen molar-refractivity contribution in [3.63, 3.8) is 0 Å². The molecule has 1 atom stereocenters. The number of carbonyl (C=O) groups is 1. The minimum Gasteiger partial charge on any atom is -0.493 e. The number of anilines is 2. The molecule has 0 aliphatic carbocycles. The monoisotopic (exact) mass is 544 g/mol. The van der Waals surface area contributed by atoms with E-state index in [1.54, 1.807) is 24.3 Å². The summed E-state index contributed by atoms with van der Waals surface area (Å²) in [7, 11) is -4.77. The van der Waals surface area contributed by atoms with Crippen LogP contribution in [0.3, 0.4) is 0 Å². The fraction of sp³-hybridized carbons (Fsp3) is 0.125. The normalized spacial score (nSPS) is 15.9. The Balaban J connectivity index is 1.75. The molecule has 1 aliphatic heterocycles. The van der Waals surface area contributed by atoms with Gasteiger partial charge in [0.1, 0.15) is 5.70 Å². The molecule has 1 amide bonds. The molecule has 0 fully saturated rings. The molecule has 3 aromatic rings. The Labute approximate surface area is 214 Å². The molecule has 0 bridgehead atoms. The van der Waals surface area contributed by atoms with E-state index < -0.39 is 32.0 Å². The number of nitrogens with two attached hydrogens (primary N) is 2. The molecule has 0 spiro atoms. The molecule has 0 saturated carbocycles. The Morgan fingerprint density at radius 3 is 1.84 bits per heavy atom. The van der Waals surface area contributed by atoms with Gasteiger partial charge in [-0.05, 0) is 72.3 Å². The van der Waals surface area contributed by atoms with E-state index in [0.717, 1.165) is 0 Å². The highest BCUT2D eigenvalue weighted by Crippen LogP contribution is 2.39. The number of primary sulfonamides is 2. The van der Waals surface area contributed by atoms with Crippen molar-refractivity contribution >= 4 is 37.3 Å². The van der Waals surface area contributed by atoms with Crippen molar-refractivity contribution in [2.45, 2.75) is 15.8 Å². The van der Waals surface area contributed by atoms with Crippen molar-refractivity contribution in [3.05, 3.63) is 84.1 Å². The lowest BCUT2D eigenvalue weighted by Crippen LogP contribution is -2.30. The van der Waals surface area contributed by atoms with Crippen LogP contribution in [0.25, 0.3) is 0 Å². The quantitative estimate of drug-likeness (QED) is 0.387. The maximum atomic E-state index is 13.6. The molecule has 5 N–H and O–H groups in total. The highest BCUT2D eigenvalue weighted by molar-refractivity contribution is 7.89. The van der Waals surface area contributed by atoms with Crippen LogP contribution in [-0.2, 0) is 24.8 Å². The van der Waals surface area contributed by atoms with Gasteiger partial charge in [-0.15, -0.1) is 0 Å². The zero-order chi connectivity index (χ0) is 27.0. The third-order valence-corrected chi connectivity index (χ3v) is 7.56. The standard InChI is InChI=1S/C24H24N4O7S2/c1-34-22-12-3-15(13-23(22)35-2)21-14-20(27-16-4-8-18(9-5-16)36(25,30)31)24(29)28(21)17-6-10-19(11-7-17)37(26,32)33/h3-14,21,27H,1-2H3,(H2,25,30,31)(H2,26,32,33). The number of ether oxygens (including phenoxy) is 2. The minimum absolute atomic E-state index is 0.0652. The lowest BCUT2D eigenvalue weighted by molar-refractivity contribution is -0.114. The van der Waals surface area contributed by atoms with E-state index in [9.17, 15) is 21.6 Å². The summed E-state index contributed by atoms with van der Waals surface area (Å²) in [5.74, 6) is 0.570. The average molecular weight is 545 g/mol. The number of methoxy groups -OCH3 is 2. The lowest BCUT2D eigenvalue weighted by atomic mass is 10.1. The van der Waals surface area contributed by atoms with Gasteiger partial charge < -0.3 is 14.8 Å². The number of sulfonamides is 2. The van der Waals surface area contributed by atoms with Gasteiger partial charge in [-0.2, -0.15) is 0 Å². The number of benzene rings is 3. The van der Waals surface area contributed by atoms with Crippen molar-refractivity contribution in [1.82, 2.24) is 0 Å². The van der Waals surface area contributed by atoms with Crippen molar-refractivity contribution in [1.29, 1.82) is 0 Å². The zero-order valence-electron chi connectivity index (χ0n) is 19.8. The van der Waals surface area contributed by atoms with Crippen LogP contribution in [0.5, 0.6) is 11.5 Å². The van der Waals surface area contributed by atoms with Crippen LogP contribution in [0.15, 0.2) is 88.3 Å². The highest BCUT2D eigenvalue weighted by Gasteiger charge is 2.35. The van der Waals surface area contributed by atoms with Crippen LogP contribution in [0.2, 0.25) is 0 Å². The van der Waals surface area contributed by atoms with E-state index in [2.05, 4.69) is 5.32 Å². The fourth-order valence-corrected chi connectivity index (χ4v) is 4.93. The maximum Gasteiger partial charge on any atom is 0.275 e. The van der Waals surface area contributed by atoms with Crippen molar-refractivity contribution in [2.24, 2.45) is 10.3 Å². The van der Waals surface area contributed by atoms with Crippen molar-refractivity contribution < 1.29 is 31.1 Å². The summed E-state index contributed by atoms with van der Waals surface area (Å²) in [6.07, 6.45) is 1.70. The lowest BCUT2D eigenvalue weighted by Gasteiger charge is -2.26. The summed E-state index contributed by atoms with van der Waals surface area (Å²) < 4.78 is 57.2. The largest absolute Gasteiger partial charge is 0.493 e. The summed E-state index contributed by atoms with van der Waals surface area (Å²) in [4.78, 5) is 14.9. The second-order valence-corrected chi connectivity index (χ2v) is 11.2. The molecule has 0 radical (unpaired) electrons. The van der Waals surface area contributed by atoms with Crippen LogP contribution >= 0.6 is 0 Å². The number of hydrogen-bond donors (Lipinski definition) is 3. The topological polar surface area (TPSA) is 171 Å². The summed E-state index contributed by atoms with van der Waals surface area (Å²) in [6, 6.07) is 15.9. The van der Waals surface area contributed by atoms with Crippen LogP contribution in [-0.4, -0.2) is 37.0 Å². The van der Waals surface area contributed by atoms with E-state index in [-0.39, 0.29) is 15.5 Å². The molecule has 194 valence electrons. The molecule has 11 nitrogen and oxygen atoms in total. The van der Waals surface area contributed by atoms with E-state index in [4.69, 9.17) is 19.8 Å². The number of nitrogens with one attached hydrogen (secondary N) is 1. The molecule has 1 heterocycles. The zero-order valence-corrected chi connectivity index (χ0v) is 21.4. The first kappa shape index (κ1) is 26.2. The van der Waals surface area contributed by atoms with E-state index in [0.29, 0.717) is 28.4 Å². The number of amides is 1. The molecule has 0 aromatic heterocycles. The summed E-state index contributed by atoms with van der Waals surface area (Å²) >= 11 is 0. The minimum atomic E-state index is -3.92. The van der Waals surface area contributed by atoms with Gasteiger partial charge in [-0.3, -0.25) is 9.69 Å². The number of rotatable bonds is 8. The Morgan fingerprint density at radius 1 is 0.784 bits per heavy atom. The molecule has 4 rings (SSSR count). The first-order valence-electron chi connectivity index (χ1n) is 10.7. The van der Waals surface area contributed by atoms with Gasteiger partial charge in [-0.1, -0.05) is 6.07 Å². The van der Waals surface area contributed by atoms with E-state index in [1.165, 1.54) is 67.7 Å². The Morgan fingerprint density at radius 2 is 1.32 bits per heavy atom. The number of carbonyl (C=O) groups excluding carboxylic acids is 1. The van der Waals surface area contributed by atoms with Gasteiger partial charge >= 0.3 is 0 Å². The molecular formula is C24H24N4O7S2. The predicted octanol–water partition coefficient (Wildman–Crippen LogP) is 2.08.